The standard InChI is InChI=1S/C7H7ClN6S/c8-5-12-6(9)14-7(13-5)11-3-4-10-1-2-15-4/h1-2H,3H2,(H3,9,11,12,13,14). The second-order valence-electron chi connectivity index (χ2n) is 2.57. The van der Waals surface area contributed by atoms with E-state index in [1.807, 2.05) is 5.38 Å². The van der Waals surface area contributed by atoms with Crippen molar-refractivity contribution in [3.8, 4) is 0 Å². The van der Waals surface area contributed by atoms with Crippen LogP contribution in [0.3, 0.4) is 0 Å². The van der Waals surface area contributed by atoms with Gasteiger partial charge in [-0.2, -0.15) is 15.0 Å². The summed E-state index contributed by atoms with van der Waals surface area (Å²) in [6, 6.07) is 0. The minimum atomic E-state index is 0.0733. The molecule has 0 bridgehead atoms. The van der Waals surface area contributed by atoms with Crippen LogP contribution in [-0.4, -0.2) is 19.9 Å². The first-order valence-corrected chi connectivity index (χ1v) is 5.29. The molecule has 6 nitrogen and oxygen atoms in total. The van der Waals surface area contributed by atoms with Crippen molar-refractivity contribution < 1.29 is 0 Å². The van der Waals surface area contributed by atoms with E-state index in [9.17, 15) is 0 Å². The molecule has 0 aliphatic carbocycles. The summed E-state index contributed by atoms with van der Waals surface area (Å²) < 4.78 is 0. The molecule has 0 amide bonds. The van der Waals surface area contributed by atoms with Crippen LogP contribution in [0, 0.1) is 0 Å². The smallest absolute Gasteiger partial charge is 0.229 e. The molecular weight excluding hydrogens is 236 g/mol. The van der Waals surface area contributed by atoms with Gasteiger partial charge in [-0.1, -0.05) is 0 Å². The van der Waals surface area contributed by atoms with E-state index >= 15 is 0 Å². The molecule has 15 heavy (non-hydrogen) atoms. The Balaban J connectivity index is 2.05. The van der Waals surface area contributed by atoms with Gasteiger partial charge in [-0.05, 0) is 11.6 Å². The summed E-state index contributed by atoms with van der Waals surface area (Å²) >= 11 is 7.16. The molecule has 2 rings (SSSR count). The van der Waals surface area contributed by atoms with Gasteiger partial charge in [-0.3, -0.25) is 0 Å². The summed E-state index contributed by atoms with van der Waals surface area (Å²) in [5, 5.41) is 5.85. The SMILES string of the molecule is Nc1nc(Cl)nc(NCc2nccs2)n1. The van der Waals surface area contributed by atoms with Gasteiger partial charge in [0.2, 0.25) is 17.2 Å². The monoisotopic (exact) mass is 242 g/mol. The van der Waals surface area contributed by atoms with Gasteiger partial charge >= 0.3 is 0 Å². The number of hydrogen-bond donors (Lipinski definition) is 2. The van der Waals surface area contributed by atoms with Crippen molar-refractivity contribution in [1.29, 1.82) is 0 Å². The highest BCUT2D eigenvalue weighted by Gasteiger charge is 2.02. The quantitative estimate of drug-likeness (QED) is 0.840. The average molecular weight is 243 g/mol. The van der Waals surface area contributed by atoms with Crippen molar-refractivity contribution in [2.24, 2.45) is 0 Å². The minimum absolute atomic E-state index is 0.0733. The summed E-state index contributed by atoms with van der Waals surface area (Å²) in [5.41, 5.74) is 5.41. The molecule has 0 spiro atoms. The molecule has 8 heteroatoms. The van der Waals surface area contributed by atoms with E-state index in [0.717, 1.165) is 5.01 Å². The first-order chi connectivity index (χ1) is 7.24. The number of thiazole rings is 1. The molecule has 78 valence electrons. The van der Waals surface area contributed by atoms with Crippen LogP contribution in [0.25, 0.3) is 0 Å². The summed E-state index contributed by atoms with van der Waals surface area (Å²) in [6.07, 6.45) is 1.73. The molecule has 0 aliphatic heterocycles. The van der Waals surface area contributed by atoms with Crippen LogP contribution in [-0.2, 0) is 6.54 Å². The van der Waals surface area contributed by atoms with Crippen LogP contribution >= 0.6 is 22.9 Å². The number of anilines is 2. The molecule has 0 aliphatic rings. The van der Waals surface area contributed by atoms with Crippen molar-refractivity contribution in [1.82, 2.24) is 19.9 Å². The van der Waals surface area contributed by atoms with E-state index in [1.165, 1.54) is 0 Å². The highest BCUT2D eigenvalue weighted by molar-refractivity contribution is 7.09. The Kier molecular flexibility index (Phi) is 2.93. The lowest BCUT2D eigenvalue weighted by molar-refractivity contribution is 1.00. The van der Waals surface area contributed by atoms with E-state index in [4.69, 9.17) is 17.3 Å². The predicted molar refractivity (Wildman–Crippen MR) is 58.7 cm³/mol. The van der Waals surface area contributed by atoms with Gasteiger partial charge in [-0.25, -0.2) is 4.98 Å². The molecule has 3 N–H and O–H groups in total. The lowest BCUT2D eigenvalue weighted by Crippen LogP contribution is -2.06. The summed E-state index contributed by atoms with van der Waals surface area (Å²) in [4.78, 5) is 15.5. The predicted octanol–water partition coefficient (Wildman–Crippen LogP) is 1.18. The van der Waals surface area contributed by atoms with E-state index in [1.54, 1.807) is 17.5 Å². The normalized spacial score (nSPS) is 10.2. The maximum atomic E-state index is 5.62. The minimum Gasteiger partial charge on any atom is -0.368 e. The number of nitrogen functional groups attached to an aromatic ring is 1. The third kappa shape index (κ3) is 2.74. The van der Waals surface area contributed by atoms with Crippen molar-refractivity contribution in [3.63, 3.8) is 0 Å². The molecule has 0 fully saturated rings. The lowest BCUT2D eigenvalue weighted by Gasteiger charge is -2.02. The molecule has 0 radical (unpaired) electrons. The molecule has 0 saturated heterocycles. The summed E-state index contributed by atoms with van der Waals surface area (Å²) in [7, 11) is 0. The van der Waals surface area contributed by atoms with E-state index in [0.29, 0.717) is 12.5 Å². The van der Waals surface area contributed by atoms with Crippen molar-refractivity contribution in [3.05, 3.63) is 21.9 Å². The van der Waals surface area contributed by atoms with E-state index < -0.39 is 0 Å². The molecule has 0 unspecified atom stereocenters. The first kappa shape index (κ1) is 10.1. The second kappa shape index (κ2) is 4.37. The Morgan fingerprint density at radius 3 is 2.93 bits per heavy atom. The molecule has 2 heterocycles. The Morgan fingerprint density at radius 2 is 2.27 bits per heavy atom. The van der Waals surface area contributed by atoms with Crippen LogP contribution in [0.1, 0.15) is 5.01 Å². The summed E-state index contributed by atoms with van der Waals surface area (Å²) in [5.74, 6) is 0.444. The lowest BCUT2D eigenvalue weighted by atomic mass is 10.6. The Labute approximate surface area is 94.6 Å². The topological polar surface area (TPSA) is 89.6 Å². The highest BCUT2D eigenvalue weighted by Crippen LogP contribution is 2.09. The maximum absolute atomic E-state index is 5.62. The van der Waals surface area contributed by atoms with Crippen molar-refractivity contribution in [2.45, 2.75) is 6.54 Å². The number of nitrogens with zero attached hydrogens (tertiary/aromatic N) is 4. The second-order valence-corrected chi connectivity index (χ2v) is 3.88. The van der Waals surface area contributed by atoms with Crippen LogP contribution in [0.4, 0.5) is 11.9 Å². The van der Waals surface area contributed by atoms with Gasteiger partial charge in [-0.15, -0.1) is 11.3 Å². The average Bonchev–Trinajstić information content (AvgIpc) is 2.65. The molecule has 2 aromatic rings. The fourth-order valence-electron chi connectivity index (χ4n) is 0.939. The Hall–Kier alpha value is -1.47. The fraction of sp³-hybridized carbons (Fsp3) is 0.143. The zero-order valence-electron chi connectivity index (χ0n) is 7.51. The van der Waals surface area contributed by atoms with Gasteiger partial charge in [0.05, 0.1) is 6.54 Å². The third-order valence-electron chi connectivity index (χ3n) is 1.51. The number of nitrogens with two attached hydrogens (primary N) is 1. The highest BCUT2D eigenvalue weighted by atomic mass is 35.5. The maximum Gasteiger partial charge on any atom is 0.229 e. The van der Waals surface area contributed by atoms with Crippen LogP contribution < -0.4 is 11.1 Å². The van der Waals surface area contributed by atoms with E-state index in [-0.39, 0.29) is 11.2 Å². The van der Waals surface area contributed by atoms with Crippen molar-refractivity contribution >= 4 is 34.8 Å². The fourth-order valence-corrected chi connectivity index (χ4v) is 1.66. The first-order valence-electron chi connectivity index (χ1n) is 4.03. The van der Waals surface area contributed by atoms with Crippen LogP contribution in [0.5, 0.6) is 0 Å². The van der Waals surface area contributed by atoms with Crippen molar-refractivity contribution in [2.75, 3.05) is 11.1 Å². The summed E-state index contributed by atoms with van der Waals surface area (Å²) in [6.45, 7) is 0.539. The zero-order valence-corrected chi connectivity index (χ0v) is 9.09. The van der Waals surface area contributed by atoms with Gasteiger partial charge in [0.1, 0.15) is 5.01 Å². The zero-order chi connectivity index (χ0) is 10.7. The number of halogens is 1. The van der Waals surface area contributed by atoms with Crippen LogP contribution in [0.2, 0.25) is 5.28 Å². The largest absolute Gasteiger partial charge is 0.368 e. The molecular formula is C7H7ClN6S. The molecule has 0 saturated carbocycles. The third-order valence-corrected chi connectivity index (χ3v) is 2.46. The van der Waals surface area contributed by atoms with E-state index in [2.05, 4.69) is 25.3 Å². The van der Waals surface area contributed by atoms with Crippen LogP contribution in [0.15, 0.2) is 11.6 Å². The number of nitrogens with one attached hydrogen (secondary N) is 1. The van der Waals surface area contributed by atoms with Gasteiger partial charge < -0.3 is 11.1 Å². The molecule has 0 aromatic carbocycles. The van der Waals surface area contributed by atoms with Gasteiger partial charge in [0, 0.05) is 11.6 Å². The number of hydrogen-bond acceptors (Lipinski definition) is 7. The Bertz CT molecular complexity index is 424. The van der Waals surface area contributed by atoms with Gasteiger partial charge in [0.25, 0.3) is 0 Å². The van der Waals surface area contributed by atoms with Gasteiger partial charge in [0.15, 0.2) is 0 Å². The number of aromatic nitrogens is 4. The number of rotatable bonds is 3. The molecule has 0 atom stereocenters. The Morgan fingerprint density at radius 1 is 1.40 bits per heavy atom. The molecule has 2 aromatic heterocycles.